The van der Waals surface area contributed by atoms with Crippen molar-refractivity contribution in [3.63, 3.8) is 0 Å². The summed E-state index contributed by atoms with van der Waals surface area (Å²) >= 11 is 0. The SMILES string of the molecule is CC(O)CS(=O)(=O)c1cnccn1. The molecule has 0 aliphatic rings. The van der Waals surface area contributed by atoms with E-state index in [0.717, 1.165) is 6.20 Å². The third-order valence-electron chi connectivity index (χ3n) is 1.32. The van der Waals surface area contributed by atoms with Crippen molar-refractivity contribution in [3.05, 3.63) is 18.6 Å². The number of aliphatic hydroxyl groups excluding tert-OH is 1. The van der Waals surface area contributed by atoms with E-state index in [1.54, 1.807) is 0 Å². The van der Waals surface area contributed by atoms with E-state index in [9.17, 15) is 8.42 Å². The van der Waals surface area contributed by atoms with E-state index in [4.69, 9.17) is 5.11 Å². The summed E-state index contributed by atoms with van der Waals surface area (Å²) in [6, 6.07) is 0. The van der Waals surface area contributed by atoms with Crippen molar-refractivity contribution < 1.29 is 13.5 Å². The zero-order valence-electron chi connectivity index (χ0n) is 7.08. The molecule has 0 aliphatic carbocycles. The molecule has 1 aromatic rings. The first-order valence-corrected chi connectivity index (χ1v) is 5.34. The van der Waals surface area contributed by atoms with Gasteiger partial charge >= 0.3 is 0 Å². The molecule has 1 N–H and O–H groups in total. The van der Waals surface area contributed by atoms with E-state index in [1.165, 1.54) is 19.3 Å². The maximum absolute atomic E-state index is 11.4. The summed E-state index contributed by atoms with van der Waals surface area (Å²) in [5.74, 6) is -0.328. The van der Waals surface area contributed by atoms with E-state index in [-0.39, 0.29) is 10.8 Å². The summed E-state index contributed by atoms with van der Waals surface area (Å²) in [4.78, 5) is 7.28. The van der Waals surface area contributed by atoms with Crippen LogP contribution in [0.25, 0.3) is 0 Å². The number of aromatic nitrogens is 2. The predicted molar refractivity (Wildman–Crippen MR) is 45.8 cm³/mol. The van der Waals surface area contributed by atoms with Crippen molar-refractivity contribution in [1.82, 2.24) is 9.97 Å². The normalized spacial score (nSPS) is 14.0. The summed E-state index contributed by atoms with van der Waals surface area (Å²) in [6.45, 7) is 1.41. The fourth-order valence-corrected chi connectivity index (χ4v) is 2.10. The number of hydrogen-bond donors (Lipinski definition) is 1. The Hall–Kier alpha value is -1.01. The lowest BCUT2D eigenvalue weighted by Gasteiger charge is -2.04. The summed E-state index contributed by atoms with van der Waals surface area (Å²) in [5.41, 5.74) is 0. The van der Waals surface area contributed by atoms with Crippen LogP contribution in [-0.2, 0) is 9.84 Å². The lowest BCUT2D eigenvalue weighted by atomic mass is 10.5. The summed E-state index contributed by atoms with van der Waals surface area (Å²) in [6.07, 6.45) is 2.96. The minimum Gasteiger partial charge on any atom is -0.392 e. The molecular weight excluding hydrogens is 192 g/mol. The van der Waals surface area contributed by atoms with Gasteiger partial charge in [-0.25, -0.2) is 13.4 Å². The van der Waals surface area contributed by atoms with Gasteiger partial charge in [-0.05, 0) is 6.92 Å². The largest absolute Gasteiger partial charge is 0.392 e. The minimum atomic E-state index is -3.48. The summed E-state index contributed by atoms with van der Waals surface area (Å²) in [7, 11) is -3.48. The van der Waals surface area contributed by atoms with E-state index in [1.807, 2.05) is 0 Å². The molecule has 0 aliphatic heterocycles. The van der Waals surface area contributed by atoms with Gasteiger partial charge in [-0.1, -0.05) is 0 Å². The highest BCUT2D eigenvalue weighted by Crippen LogP contribution is 2.06. The standard InChI is InChI=1S/C7H10N2O3S/c1-6(10)5-13(11,12)7-4-8-2-3-9-7/h2-4,6,10H,5H2,1H3. The Morgan fingerprint density at radius 2 is 2.23 bits per heavy atom. The van der Waals surface area contributed by atoms with Crippen molar-refractivity contribution in [1.29, 1.82) is 0 Å². The highest BCUT2D eigenvalue weighted by atomic mass is 32.2. The molecule has 0 aromatic carbocycles. The Labute approximate surface area is 76.4 Å². The first-order chi connectivity index (χ1) is 6.02. The molecule has 0 radical (unpaired) electrons. The Morgan fingerprint density at radius 3 is 2.69 bits per heavy atom. The van der Waals surface area contributed by atoms with E-state index in [0.29, 0.717) is 0 Å². The van der Waals surface area contributed by atoms with Crippen molar-refractivity contribution in [2.24, 2.45) is 0 Å². The van der Waals surface area contributed by atoms with E-state index in [2.05, 4.69) is 9.97 Å². The van der Waals surface area contributed by atoms with Gasteiger partial charge in [-0.3, -0.25) is 4.98 Å². The molecule has 1 atom stereocenters. The van der Waals surface area contributed by atoms with Crippen LogP contribution in [0.1, 0.15) is 6.92 Å². The third kappa shape index (κ3) is 2.74. The molecule has 0 saturated carbocycles. The fourth-order valence-electron chi connectivity index (χ4n) is 0.849. The van der Waals surface area contributed by atoms with Crippen molar-refractivity contribution in [2.45, 2.75) is 18.1 Å². The first-order valence-electron chi connectivity index (χ1n) is 3.69. The number of sulfone groups is 1. The molecule has 0 amide bonds. The van der Waals surface area contributed by atoms with Crippen LogP contribution in [0.5, 0.6) is 0 Å². The molecule has 1 unspecified atom stereocenters. The molecule has 72 valence electrons. The smallest absolute Gasteiger partial charge is 0.199 e. The molecule has 0 fully saturated rings. The lowest BCUT2D eigenvalue weighted by Crippen LogP contribution is -2.18. The van der Waals surface area contributed by atoms with Gasteiger partial charge in [0.15, 0.2) is 14.9 Å². The summed E-state index contributed by atoms with van der Waals surface area (Å²) < 4.78 is 22.8. The topological polar surface area (TPSA) is 80.1 Å². The Balaban J connectivity index is 2.96. The van der Waals surface area contributed by atoms with Crippen molar-refractivity contribution >= 4 is 9.84 Å². The third-order valence-corrected chi connectivity index (χ3v) is 3.09. The number of hydrogen-bond acceptors (Lipinski definition) is 5. The number of nitrogens with zero attached hydrogens (tertiary/aromatic N) is 2. The Kier molecular flexibility index (Phi) is 2.94. The van der Waals surface area contributed by atoms with Crippen LogP contribution in [0, 0.1) is 0 Å². The molecule has 1 heterocycles. The molecule has 1 aromatic heterocycles. The van der Waals surface area contributed by atoms with Crippen LogP contribution in [0.4, 0.5) is 0 Å². The molecule has 5 nitrogen and oxygen atoms in total. The van der Waals surface area contributed by atoms with Crippen LogP contribution in [0.15, 0.2) is 23.6 Å². The minimum absolute atomic E-state index is 0.101. The van der Waals surface area contributed by atoms with Crippen molar-refractivity contribution in [3.8, 4) is 0 Å². The zero-order valence-corrected chi connectivity index (χ0v) is 7.90. The van der Waals surface area contributed by atoms with Gasteiger partial charge in [-0.2, -0.15) is 0 Å². The highest BCUT2D eigenvalue weighted by molar-refractivity contribution is 7.91. The maximum Gasteiger partial charge on any atom is 0.199 e. The number of rotatable bonds is 3. The van der Waals surface area contributed by atoms with Crippen LogP contribution in [0.2, 0.25) is 0 Å². The Bertz CT molecular complexity index is 361. The molecular formula is C7H10N2O3S. The van der Waals surface area contributed by atoms with Gasteiger partial charge in [0, 0.05) is 12.4 Å². The van der Waals surface area contributed by atoms with Crippen LogP contribution in [0.3, 0.4) is 0 Å². The fraction of sp³-hybridized carbons (Fsp3) is 0.429. The molecule has 0 spiro atoms. The quantitative estimate of drug-likeness (QED) is 0.723. The van der Waals surface area contributed by atoms with Crippen LogP contribution in [-0.4, -0.2) is 35.3 Å². The second-order valence-electron chi connectivity index (χ2n) is 2.67. The van der Waals surface area contributed by atoms with E-state index < -0.39 is 15.9 Å². The monoisotopic (exact) mass is 202 g/mol. The van der Waals surface area contributed by atoms with Crippen molar-refractivity contribution in [2.75, 3.05) is 5.75 Å². The average Bonchev–Trinajstić information content (AvgIpc) is 2.04. The van der Waals surface area contributed by atoms with Gasteiger partial charge in [0.1, 0.15) is 0 Å². The molecule has 1 rings (SSSR count). The van der Waals surface area contributed by atoms with Crippen LogP contribution < -0.4 is 0 Å². The van der Waals surface area contributed by atoms with Gasteiger partial charge in [0.05, 0.1) is 18.1 Å². The molecule has 13 heavy (non-hydrogen) atoms. The molecule has 6 heteroatoms. The van der Waals surface area contributed by atoms with Gasteiger partial charge in [-0.15, -0.1) is 0 Å². The Morgan fingerprint density at radius 1 is 1.54 bits per heavy atom. The zero-order chi connectivity index (χ0) is 9.90. The van der Waals surface area contributed by atoms with Gasteiger partial charge in [0.2, 0.25) is 0 Å². The highest BCUT2D eigenvalue weighted by Gasteiger charge is 2.18. The van der Waals surface area contributed by atoms with Crippen LogP contribution >= 0.6 is 0 Å². The second kappa shape index (κ2) is 3.80. The first kappa shape index (κ1) is 10.1. The summed E-state index contributed by atoms with van der Waals surface area (Å²) in [5, 5.41) is 8.82. The maximum atomic E-state index is 11.4. The lowest BCUT2D eigenvalue weighted by molar-refractivity contribution is 0.218. The second-order valence-corrected chi connectivity index (χ2v) is 4.66. The van der Waals surface area contributed by atoms with Gasteiger partial charge in [0.25, 0.3) is 0 Å². The van der Waals surface area contributed by atoms with E-state index >= 15 is 0 Å². The molecule has 0 bridgehead atoms. The average molecular weight is 202 g/mol. The molecule has 0 saturated heterocycles. The van der Waals surface area contributed by atoms with Gasteiger partial charge < -0.3 is 5.11 Å². The number of aliphatic hydroxyl groups is 1. The predicted octanol–water partition coefficient (Wildman–Crippen LogP) is -0.369.